The van der Waals surface area contributed by atoms with Gasteiger partial charge in [-0.3, -0.25) is 4.90 Å². The van der Waals surface area contributed by atoms with E-state index in [9.17, 15) is 0 Å². The van der Waals surface area contributed by atoms with E-state index in [1.54, 1.807) is 0 Å². The average molecular weight is 209 g/mol. The standard InChI is InChI=1S/C12H19NO2/c1-10-5-6-12(15-10)9-13(7-8-14)11-3-2-4-11/h5-6,11,14H,2-4,7-9H2,1H3. The first-order valence-electron chi connectivity index (χ1n) is 5.70. The summed E-state index contributed by atoms with van der Waals surface area (Å²) in [6.45, 7) is 3.78. The van der Waals surface area contributed by atoms with E-state index in [1.165, 1.54) is 19.3 Å². The van der Waals surface area contributed by atoms with Crippen LogP contribution in [0.2, 0.25) is 0 Å². The Morgan fingerprint density at radius 3 is 2.73 bits per heavy atom. The number of hydrogen-bond acceptors (Lipinski definition) is 3. The Balaban J connectivity index is 1.93. The number of furan rings is 1. The minimum Gasteiger partial charge on any atom is -0.465 e. The maximum absolute atomic E-state index is 9.02. The Morgan fingerprint density at radius 2 is 2.27 bits per heavy atom. The van der Waals surface area contributed by atoms with Gasteiger partial charge < -0.3 is 9.52 Å². The molecule has 1 fully saturated rings. The molecule has 0 bridgehead atoms. The second-order valence-electron chi connectivity index (χ2n) is 4.29. The Kier molecular flexibility index (Phi) is 3.44. The smallest absolute Gasteiger partial charge is 0.118 e. The van der Waals surface area contributed by atoms with E-state index in [0.29, 0.717) is 6.04 Å². The van der Waals surface area contributed by atoms with Crippen LogP contribution in [-0.2, 0) is 6.54 Å². The lowest BCUT2D eigenvalue weighted by Gasteiger charge is -2.36. The van der Waals surface area contributed by atoms with Gasteiger partial charge in [0, 0.05) is 12.6 Å². The van der Waals surface area contributed by atoms with Crippen molar-refractivity contribution in [3.8, 4) is 0 Å². The first-order valence-corrected chi connectivity index (χ1v) is 5.70. The van der Waals surface area contributed by atoms with Gasteiger partial charge in [0.1, 0.15) is 11.5 Å². The fourth-order valence-corrected chi connectivity index (χ4v) is 2.04. The fourth-order valence-electron chi connectivity index (χ4n) is 2.04. The van der Waals surface area contributed by atoms with Gasteiger partial charge in [-0.05, 0) is 31.9 Å². The second kappa shape index (κ2) is 4.81. The van der Waals surface area contributed by atoms with Crippen LogP contribution in [0.3, 0.4) is 0 Å². The van der Waals surface area contributed by atoms with Crippen LogP contribution >= 0.6 is 0 Å². The molecule has 0 saturated heterocycles. The van der Waals surface area contributed by atoms with Crippen molar-refractivity contribution in [1.82, 2.24) is 4.90 Å². The molecule has 1 aliphatic carbocycles. The van der Waals surface area contributed by atoms with Gasteiger partial charge in [0.25, 0.3) is 0 Å². The first kappa shape index (κ1) is 10.7. The summed E-state index contributed by atoms with van der Waals surface area (Å²) >= 11 is 0. The van der Waals surface area contributed by atoms with Crippen LogP contribution in [0.1, 0.15) is 30.8 Å². The lowest BCUT2D eigenvalue weighted by atomic mass is 9.91. The lowest BCUT2D eigenvalue weighted by Crippen LogP contribution is -2.41. The summed E-state index contributed by atoms with van der Waals surface area (Å²) in [5.74, 6) is 1.97. The summed E-state index contributed by atoms with van der Waals surface area (Å²) < 4.78 is 5.56. The molecule has 0 atom stereocenters. The van der Waals surface area contributed by atoms with Crippen molar-refractivity contribution in [2.45, 2.75) is 38.8 Å². The lowest BCUT2D eigenvalue weighted by molar-refractivity contribution is 0.0875. The number of rotatable bonds is 5. The van der Waals surface area contributed by atoms with Gasteiger partial charge in [-0.1, -0.05) is 6.42 Å². The van der Waals surface area contributed by atoms with Gasteiger partial charge in [-0.15, -0.1) is 0 Å². The summed E-state index contributed by atoms with van der Waals surface area (Å²) in [6.07, 6.45) is 3.85. The van der Waals surface area contributed by atoms with E-state index in [4.69, 9.17) is 9.52 Å². The molecule has 3 heteroatoms. The molecular formula is C12H19NO2. The molecule has 1 aromatic rings. The third kappa shape index (κ3) is 2.61. The van der Waals surface area contributed by atoms with E-state index < -0.39 is 0 Å². The SMILES string of the molecule is Cc1ccc(CN(CCO)C2CCC2)o1. The monoisotopic (exact) mass is 209 g/mol. The zero-order valence-corrected chi connectivity index (χ0v) is 9.28. The molecule has 1 heterocycles. The summed E-state index contributed by atoms with van der Waals surface area (Å²) in [7, 11) is 0. The van der Waals surface area contributed by atoms with E-state index in [0.717, 1.165) is 24.6 Å². The normalized spacial score (nSPS) is 17.0. The van der Waals surface area contributed by atoms with Crippen molar-refractivity contribution in [3.05, 3.63) is 23.7 Å². The largest absolute Gasteiger partial charge is 0.465 e. The van der Waals surface area contributed by atoms with Crippen molar-refractivity contribution < 1.29 is 9.52 Å². The van der Waals surface area contributed by atoms with Gasteiger partial charge in [-0.25, -0.2) is 0 Å². The molecule has 1 saturated carbocycles. The van der Waals surface area contributed by atoms with E-state index in [1.807, 2.05) is 19.1 Å². The van der Waals surface area contributed by atoms with Crippen LogP contribution in [0.15, 0.2) is 16.5 Å². The Labute approximate surface area is 90.7 Å². The Bertz CT molecular complexity index is 304. The van der Waals surface area contributed by atoms with Gasteiger partial charge in [-0.2, -0.15) is 0 Å². The minimum absolute atomic E-state index is 0.232. The van der Waals surface area contributed by atoms with Crippen LogP contribution < -0.4 is 0 Å². The van der Waals surface area contributed by atoms with Gasteiger partial charge in [0.05, 0.1) is 13.2 Å². The number of aliphatic hydroxyl groups is 1. The Hall–Kier alpha value is -0.800. The molecule has 0 unspecified atom stereocenters. The number of aliphatic hydroxyl groups excluding tert-OH is 1. The highest BCUT2D eigenvalue weighted by molar-refractivity contribution is 5.05. The molecule has 1 aromatic heterocycles. The number of hydrogen-bond donors (Lipinski definition) is 1. The predicted molar refractivity (Wildman–Crippen MR) is 58.6 cm³/mol. The minimum atomic E-state index is 0.232. The summed E-state index contributed by atoms with van der Waals surface area (Å²) in [6, 6.07) is 4.67. The van der Waals surface area contributed by atoms with E-state index in [-0.39, 0.29) is 6.61 Å². The molecule has 0 aliphatic heterocycles. The fraction of sp³-hybridized carbons (Fsp3) is 0.667. The summed E-state index contributed by atoms with van der Waals surface area (Å²) in [5, 5.41) is 9.02. The van der Waals surface area contributed by atoms with Crippen molar-refractivity contribution in [2.24, 2.45) is 0 Å². The summed E-state index contributed by atoms with van der Waals surface area (Å²) in [5.41, 5.74) is 0. The molecule has 0 amide bonds. The van der Waals surface area contributed by atoms with Crippen molar-refractivity contribution in [1.29, 1.82) is 0 Å². The molecule has 2 rings (SSSR count). The van der Waals surface area contributed by atoms with Crippen LogP contribution in [0.5, 0.6) is 0 Å². The van der Waals surface area contributed by atoms with Crippen molar-refractivity contribution in [3.63, 3.8) is 0 Å². The van der Waals surface area contributed by atoms with Crippen molar-refractivity contribution >= 4 is 0 Å². The number of nitrogens with zero attached hydrogens (tertiary/aromatic N) is 1. The molecule has 1 N–H and O–H groups in total. The van der Waals surface area contributed by atoms with E-state index >= 15 is 0 Å². The quantitative estimate of drug-likeness (QED) is 0.805. The summed E-state index contributed by atoms with van der Waals surface area (Å²) in [4.78, 5) is 2.32. The molecule has 1 aliphatic rings. The second-order valence-corrected chi connectivity index (χ2v) is 4.29. The molecule has 0 radical (unpaired) electrons. The highest BCUT2D eigenvalue weighted by atomic mass is 16.3. The Morgan fingerprint density at radius 1 is 1.47 bits per heavy atom. The molecule has 0 spiro atoms. The zero-order valence-electron chi connectivity index (χ0n) is 9.28. The molecular weight excluding hydrogens is 190 g/mol. The van der Waals surface area contributed by atoms with Gasteiger partial charge in [0.2, 0.25) is 0 Å². The number of aryl methyl sites for hydroxylation is 1. The maximum Gasteiger partial charge on any atom is 0.118 e. The van der Waals surface area contributed by atoms with Gasteiger partial charge >= 0.3 is 0 Å². The third-order valence-electron chi connectivity index (χ3n) is 3.13. The first-order chi connectivity index (χ1) is 7.29. The predicted octanol–water partition coefficient (Wildman–Crippen LogP) is 1.93. The maximum atomic E-state index is 9.02. The highest BCUT2D eigenvalue weighted by Crippen LogP contribution is 2.26. The van der Waals surface area contributed by atoms with E-state index in [2.05, 4.69) is 4.90 Å². The third-order valence-corrected chi connectivity index (χ3v) is 3.13. The van der Waals surface area contributed by atoms with Gasteiger partial charge in [0.15, 0.2) is 0 Å². The zero-order chi connectivity index (χ0) is 10.7. The molecule has 0 aromatic carbocycles. The molecule has 15 heavy (non-hydrogen) atoms. The van der Waals surface area contributed by atoms with Crippen LogP contribution in [0.25, 0.3) is 0 Å². The average Bonchev–Trinajstić information content (AvgIpc) is 2.48. The molecule has 3 nitrogen and oxygen atoms in total. The molecule has 84 valence electrons. The van der Waals surface area contributed by atoms with Crippen LogP contribution in [0.4, 0.5) is 0 Å². The van der Waals surface area contributed by atoms with Crippen LogP contribution in [-0.4, -0.2) is 29.2 Å². The highest BCUT2D eigenvalue weighted by Gasteiger charge is 2.25. The van der Waals surface area contributed by atoms with Crippen LogP contribution in [0, 0.1) is 6.92 Å². The topological polar surface area (TPSA) is 36.6 Å². The van der Waals surface area contributed by atoms with Crippen molar-refractivity contribution in [2.75, 3.05) is 13.2 Å².